The summed E-state index contributed by atoms with van der Waals surface area (Å²) in [6, 6.07) is 2.74. The van der Waals surface area contributed by atoms with Crippen molar-refractivity contribution in [1.29, 1.82) is 0 Å². The van der Waals surface area contributed by atoms with Gasteiger partial charge < -0.3 is 10.2 Å². The van der Waals surface area contributed by atoms with E-state index in [4.69, 9.17) is 0 Å². The van der Waals surface area contributed by atoms with Gasteiger partial charge in [-0.3, -0.25) is 9.48 Å². The number of amides is 1. The third kappa shape index (κ3) is 3.15. The van der Waals surface area contributed by atoms with Crippen LogP contribution in [0.2, 0.25) is 0 Å². The fourth-order valence-electron chi connectivity index (χ4n) is 3.64. The monoisotopic (exact) mass is 326 g/mol. The molecule has 3 heterocycles. The number of halogens is 1. The van der Waals surface area contributed by atoms with E-state index in [-0.39, 0.29) is 18.3 Å². The number of piperazine rings is 1. The van der Waals surface area contributed by atoms with Crippen molar-refractivity contribution in [1.82, 2.24) is 20.0 Å². The standard InChI is InChI=1S/C16H26N4O.ClH/c1-4-19-15(8-12(18-19)7-11(2)3)16(21)20-13-5-6-14(20)10-17-9-13;/h8,11,13-14,17H,4-7,9-10H2,1-3H3;1H/t13-,14+;. The van der Waals surface area contributed by atoms with Crippen LogP contribution in [0, 0.1) is 5.92 Å². The average Bonchev–Trinajstić information content (AvgIpc) is 2.96. The minimum absolute atomic E-state index is 0. The van der Waals surface area contributed by atoms with Crippen LogP contribution < -0.4 is 5.32 Å². The minimum atomic E-state index is 0. The average molecular weight is 327 g/mol. The molecule has 0 aliphatic carbocycles. The molecule has 22 heavy (non-hydrogen) atoms. The summed E-state index contributed by atoms with van der Waals surface area (Å²) >= 11 is 0. The molecule has 0 unspecified atom stereocenters. The number of rotatable bonds is 4. The Hall–Kier alpha value is -1.07. The highest BCUT2D eigenvalue weighted by atomic mass is 35.5. The van der Waals surface area contributed by atoms with Crippen molar-refractivity contribution < 1.29 is 4.79 Å². The van der Waals surface area contributed by atoms with Gasteiger partial charge in [0.2, 0.25) is 0 Å². The van der Waals surface area contributed by atoms with E-state index in [1.54, 1.807) is 0 Å². The molecule has 0 aromatic carbocycles. The van der Waals surface area contributed by atoms with Gasteiger partial charge >= 0.3 is 0 Å². The molecule has 0 saturated carbocycles. The van der Waals surface area contributed by atoms with Gasteiger partial charge in [0.05, 0.1) is 5.69 Å². The third-order valence-electron chi connectivity index (χ3n) is 4.58. The lowest BCUT2D eigenvalue weighted by Crippen LogP contribution is -2.54. The highest BCUT2D eigenvalue weighted by Gasteiger charge is 2.40. The van der Waals surface area contributed by atoms with Crippen molar-refractivity contribution in [3.05, 3.63) is 17.5 Å². The Balaban J connectivity index is 0.00000176. The number of hydrogen-bond acceptors (Lipinski definition) is 3. The van der Waals surface area contributed by atoms with Gasteiger partial charge in [-0.15, -0.1) is 12.4 Å². The molecule has 1 aromatic rings. The summed E-state index contributed by atoms with van der Waals surface area (Å²) in [6.45, 7) is 9.03. The first-order valence-corrected chi connectivity index (χ1v) is 8.20. The fraction of sp³-hybridized carbons (Fsp3) is 0.750. The minimum Gasteiger partial charge on any atom is -0.329 e. The van der Waals surface area contributed by atoms with Crippen molar-refractivity contribution in [2.75, 3.05) is 13.1 Å². The molecule has 6 heteroatoms. The van der Waals surface area contributed by atoms with Crippen LogP contribution in [0.1, 0.15) is 49.8 Å². The second-order valence-corrected chi connectivity index (χ2v) is 6.69. The van der Waals surface area contributed by atoms with E-state index in [2.05, 4.69) is 36.1 Å². The first-order valence-electron chi connectivity index (χ1n) is 8.20. The van der Waals surface area contributed by atoms with Gasteiger partial charge in [-0.25, -0.2) is 0 Å². The number of aromatic nitrogens is 2. The number of carbonyl (C=O) groups excluding carboxylic acids is 1. The highest BCUT2D eigenvalue weighted by molar-refractivity contribution is 5.93. The first-order chi connectivity index (χ1) is 10.1. The van der Waals surface area contributed by atoms with Crippen molar-refractivity contribution in [2.45, 2.75) is 58.7 Å². The molecule has 3 rings (SSSR count). The Bertz CT molecular complexity index is 512. The summed E-state index contributed by atoms with van der Waals surface area (Å²) < 4.78 is 1.88. The Kier molecular flexibility index (Phi) is 5.50. The van der Waals surface area contributed by atoms with Crippen LogP contribution in [-0.4, -0.2) is 45.8 Å². The van der Waals surface area contributed by atoms with Crippen LogP contribution in [0.5, 0.6) is 0 Å². The number of nitrogens with one attached hydrogen (secondary N) is 1. The van der Waals surface area contributed by atoms with E-state index in [9.17, 15) is 4.79 Å². The van der Waals surface area contributed by atoms with Gasteiger partial charge in [0.1, 0.15) is 5.69 Å². The molecule has 2 aliphatic rings. The maximum Gasteiger partial charge on any atom is 0.272 e. The first kappa shape index (κ1) is 17.3. The van der Waals surface area contributed by atoms with E-state index in [0.717, 1.165) is 50.3 Å². The summed E-state index contributed by atoms with van der Waals surface area (Å²) in [6.07, 6.45) is 3.19. The van der Waals surface area contributed by atoms with Crippen LogP contribution in [-0.2, 0) is 13.0 Å². The lowest BCUT2D eigenvalue weighted by Gasteiger charge is -2.35. The quantitative estimate of drug-likeness (QED) is 0.922. The summed E-state index contributed by atoms with van der Waals surface area (Å²) in [5.41, 5.74) is 1.81. The van der Waals surface area contributed by atoms with Crippen molar-refractivity contribution >= 4 is 18.3 Å². The van der Waals surface area contributed by atoms with E-state index in [1.807, 2.05) is 10.7 Å². The Morgan fingerprint density at radius 2 is 2.00 bits per heavy atom. The summed E-state index contributed by atoms with van der Waals surface area (Å²) in [7, 11) is 0. The predicted octanol–water partition coefficient (Wildman–Crippen LogP) is 2.10. The molecule has 5 nitrogen and oxygen atoms in total. The topological polar surface area (TPSA) is 50.2 Å². The smallest absolute Gasteiger partial charge is 0.272 e. The van der Waals surface area contributed by atoms with Gasteiger partial charge in [0, 0.05) is 31.7 Å². The Morgan fingerprint density at radius 3 is 2.55 bits per heavy atom. The number of fused-ring (bicyclic) bond motifs is 2. The summed E-state index contributed by atoms with van der Waals surface area (Å²) in [5.74, 6) is 0.733. The van der Waals surface area contributed by atoms with Crippen molar-refractivity contribution in [3.63, 3.8) is 0 Å². The zero-order valence-corrected chi connectivity index (χ0v) is 14.5. The summed E-state index contributed by atoms with van der Waals surface area (Å²) in [4.78, 5) is 15.1. The molecule has 1 N–H and O–H groups in total. The third-order valence-corrected chi connectivity index (χ3v) is 4.58. The molecule has 0 radical (unpaired) electrons. The molecule has 2 aliphatic heterocycles. The lowest BCUT2D eigenvalue weighted by atomic mass is 10.1. The van der Waals surface area contributed by atoms with Gasteiger partial charge in [0.25, 0.3) is 5.91 Å². The normalized spacial score (nSPS) is 23.7. The maximum atomic E-state index is 13.0. The SMILES string of the molecule is CCn1nc(CC(C)C)cc1C(=O)N1[C@@H]2CC[C@H]1CNC2.Cl. The van der Waals surface area contributed by atoms with Crippen molar-refractivity contribution in [3.8, 4) is 0 Å². The number of carbonyl (C=O) groups is 1. The zero-order chi connectivity index (χ0) is 15.0. The van der Waals surface area contributed by atoms with Gasteiger partial charge in [-0.05, 0) is 38.2 Å². The zero-order valence-electron chi connectivity index (χ0n) is 13.7. The van der Waals surface area contributed by atoms with Crippen LogP contribution in [0.4, 0.5) is 0 Å². The number of hydrogen-bond donors (Lipinski definition) is 1. The second kappa shape index (κ2) is 7.01. The fourth-order valence-corrected chi connectivity index (χ4v) is 3.64. The molecule has 2 saturated heterocycles. The van der Waals surface area contributed by atoms with Gasteiger partial charge in [-0.2, -0.15) is 5.10 Å². The molecular formula is C16H27ClN4O. The van der Waals surface area contributed by atoms with Gasteiger partial charge in [-0.1, -0.05) is 13.8 Å². The molecule has 0 spiro atoms. The Morgan fingerprint density at radius 1 is 1.36 bits per heavy atom. The molecule has 2 bridgehead atoms. The summed E-state index contributed by atoms with van der Waals surface area (Å²) in [5, 5.41) is 8.04. The van der Waals surface area contributed by atoms with Crippen LogP contribution in [0.25, 0.3) is 0 Å². The van der Waals surface area contributed by atoms with Crippen LogP contribution >= 0.6 is 12.4 Å². The van der Waals surface area contributed by atoms with E-state index >= 15 is 0 Å². The predicted molar refractivity (Wildman–Crippen MR) is 89.5 cm³/mol. The van der Waals surface area contributed by atoms with Crippen LogP contribution in [0.3, 0.4) is 0 Å². The van der Waals surface area contributed by atoms with E-state index in [0.29, 0.717) is 18.0 Å². The molecule has 124 valence electrons. The van der Waals surface area contributed by atoms with Gasteiger partial charge in [0.15, 0.2) is 0 Å². The van der Waals surface area contributed by atoms with Crippen LogP contribution in [0.15, 0.2) is 6.07 Å². The van der Waals surface area contributed by atoms with E-state index < -0.39 is 0 Å². The maximum absolute atomic E-state index is 13.0. The molecule has 1 aromatic heterocycles. The molecular weight excluding hydrogens is 300 g/mol. The Labute approximate surface area is 138 Å². The number of aryl methyl sites for hydroxylation is 1. The highest BCUT2D eigenvalue weighted by Crippen LogP contribution is 2.28. The lowest BCUT2D eigenvalue weighted by molar-refractivity contribution is 0.0606. The van der Waals surface area contributed by atoms with E-state index in [1.165, 1.54) is 0 Å². The second-order valence-electron chi connectivity index (χ2n) is 6.69. The molecule has 1 amide bonds. The number of nitrogens with zero attached hydrogens (tertiary/aromatic N) is 3. The molecule has 2 atom stereocenters. The molecule has 2 fully saturated rings. The van der Waals surface area contributed by atoms with Crippen molar-refractivity contribution in [2.24, 2.45) is 5.92 Å². The largest absolute Gasteiger partial charge is 0.329 e.